The lowest BCUT2D eigenvalue weighted by molar-refractivity contribution is 0.0942. The van der Waals surface area contributed by atoms with Gasteiger partial charge in [-0.15, -0.1) is 0 Å². The topological polar surface area (TPSA) is 108 Å². The third-order valence-electron chi connectivity index (χ3n) is 3.02. The van der Waals surface area contributed by atoms with Crippen molar-refractivity contribution in [2.45, 2.75) is 18.9 Å². The second kappa shape index (κ2) is 5.64. The van der Waals surface area contributed by atoms with Crippen molar-refractivity contribution in [2.75, 3.05) is 0 Å². The van der Waals surface area contributed by atoms with Gasteiger partial charge in [-0.2, -0.15) is 0 Å². The molecule has 1 saturated carbocycles. The first-order valence-electron chi connectivity index (χ1n) is 5.79. The van der Waals surface area contributed by atoms with Crippen molar-refractivity contribution in [3.05, 3.63) is 27.3 Å². The van der Waals surface area contributed by atoms with Gasteiger partial charge in [0.25, 0.3) is 5.91 Å². The number of nitrogens with one attached hydrogen (secondary N) is 1. The molecule has 7 heteroatoms. The predicted octanol–water partition coefficient (Wildman–Crippen LogP) is 1.25. The number of amidine groups is 1. The zero-order chi connectivity index (χ0) is 14.0. The van der Waals surface area contributed by atoms with Crippen molar-refractivity contribution in [3.63, 3.8) is 0 Å². The Labute approximate surface area is 123 Å². The van der Waals surface area contributed by atoms with Crippen LogP contribution >= 0.6 is 22.6 Å². The first-order chi connectivity index (χ1) is 9.02. The summed E-state index contributed by atoms with van der Waals surface area (Å²) in [4.78, 5) is 12.1. The highest BCUT2D eigenvalue weighted by Gasteiger charge is 2.35. The molecule has 6 nitrogen and oxygen atoms in total. The zero-order valence-corrected chi connectivity index (χ0v) is 12.2. The number of carbonyl (C=O) groups excluding carboxylic acids is 1. The lowest BCUT2D eigenvalue weighted by atomic mass is 10.1. The van der Waals surface area contributed by atoms with E-state index in [9.17, 15) is 9.90 Å². The van der Waals surface area contributed by atoms with Crippen LogP contribution in [0.2, 0.25) is 0 Å². The molecular formula is C12H14IN3O3. The van der Waals surface area contributed by atoms with E-state index in [1.54, 1.807) is 12.1 Å². The van der Waals surface area contributed by atoms with E-state index in [0.717, 1.165) is 12.8 Å². The van der Waals surface area contributed by atoms with Crippen molar-refractivity contribution in [3.8, 4) is 5.75 Å². The van der Waals surface area contributed by atoms with Crippen LogP contribution in [0.1, 0.15) is 23.2 Å². The average Bonchev–Trinajstić information content (AvgIpc) is 3.22. The van der Waals surface area contributed by atoms with Gasteiger partial charge in [-0.05, 0) is 59.5 Å². The van der Waals surface area contributed by atoms with Gasteiger partial charge in [-0.25, -0.2) is 0 Å². The van der Waals surface area contributed by atoms with E-state index in [1.165, 1.54) is 6.07 Å². The van der Waals surface area contributed by atoms with Crippen molar-refractivity contribution >= 4 is 34.3 Å². The van der Waals surface area contributed by atoms with Crippen LogP contribution in [-0.4, -0.2) is 28.1 Å². The number of phenolic OH excluding ortho intramolecular Hbond substituents is 1. The minimum atomic E-state index is -0.459. The summed E-state index contributed by atoms with van der Waals surface area (Å²) >= 11 is 1.97. The van der Waals surface area contributed by atoms with Gasteiger partial charge in [0.1, 0.15) is 5.75 Å². The largest absolute Gasteiger partial charge is 0.507 e. The van der Waals surface area contributed by atoms with E-state index in [1.807, 2.05) is 22.6 Å². The maximum absolute atomic E-state index is 12.1. The van der Waals surface area contributed by atoms with Gasteiger partial charge in [-0.1, -0.05) is 5.16 Å². The van der Waals surface area contributed by atoms with Gasteiger partial charge in [0.2, 0.25) is 0 Å². The standard InChI is InChI=1S/C12H14IN3O3/c13-8-4-3-7(5-9(8)17)12(18)15-10(6-1-2-6)11(14)16-19/h3-6,10,17,19H,1-2H2,(H2,14,16)(H,15,18). The third-order valence-corrected chi connectivity index (χ3v) is 3.93. The summed E-state index contributed by atoms with van der Waals surface area (Å²) in [6.45, 7) is 0. The fraction of sp³-hybridized carbons (Fsp3) is 0.333. The van der Waals surface area contributed by atoms with Crippen LogP contribution in [0.5, 0.6) is 5.75 Å². The molecule has 1 aliphatic rings. The van der Waals surface area contributed by atoms with Gasteiger partial charge < -0.3 is 21.4 Å². The molecule has 1 aromatic carbocycles. The fourth-order valence-corrected chi connectivity index (χ4v) is 2.14. The molecular weight excluding hydrogens is 361 g/mol. The summed E-state index contributed by atoms with van der Waals surface area (Å²) in [5.41, 5.74) is 5.92. The Hall–Kier alpha value is -1.51. The Balaban J connectivity index is 2.12. The Morgan fingerprint density at radius 3 is 2.74 bits per heavy atom. The Morgan fingerprint density at radius 2 is 2.21 bits per heavy atom. The van der Waals surface area contributed by atoms with E-state index in [0.29, 0.717) is 9.13 Å². The second-order valence-electron chi connectivity index (χ2n) is 4.48. The third kappa shape index (κ3) is 3.28. The van der Waals surface area contributed by atoms with Crippen molar-refractivity contribution in [2.24, 2.45) is 16.8 Å². The molecule has 1 atom stereocenters. The van der Waals surface area contributed by atoms with Crippen LogP contribution in [0.25, 0.3) is 0 Å². The maximum atomic E-state index is 12.1. The molecule has 0 saturated heterocycles. The van der Waals surface area contributed by atoms with Crippen LogP contribution in [0.3, 0.4) is 0 Å². The molecule has 0 aromatic heterocycles. The SMILES string of the molecule is N/C(=N/O)C(NC(=O)c1ccc(I)c(O)c1)C1CC1. The predicted molar refractivity (Wildman–Crippen MR) is 78.2 cm³/mol. The smallest absolute Gasteiger partial charge is 0.252 e. The molecule has 1 aromatic rings. The summed E-state index contributed by atoms with van der Waals surface area (Å²) in [5, 5.41) is 24.0. The summed E-state index contributed by atoms with van der Waals surface area (Å²) < 4.78 is 0.671. The average molecular weight is 375 g/mol. The molecule has 1 fully saturated rings. The minimum Gasteiger partial charge on any atom is -0.507 e. The molecule has 0 aliphatic heterocycles. The van der Waals surface area contributed by atoms with Gasteiger partial charge >= 0.3 is 0 Å². The highest BCUT2D eigenvalue weighted by molar-refractivity contribution is 14.1. The quantitative estimate of drug-likeness (QED) is 0.209. The van der Waals surface area contributed by atoms with Crippen molar-refractivity contribution < 1.29 is 15.1 Å². The van der Waals surface area contributed by atoms with Crippen LogP contribution in [0, 0.1) is 9.49 Å². The summed E-state index contributed by atoms with van der Waals surface area (Å²) in [7, 11) is 0. The van der Waals surface area contributed by atoms with Crippen molar-refractivity contribution in [1.29, 1.82) is 0 Å². The molecule has 19 heavy (non-hydrogen) atoms. The first kappa shape index (κ1) is 13.9. The van der Waals surface area contributed by atoms with Crippen LogP contribution in [0.4, 0.5) is 0 Å². The van der Waals surface area contributed by atoms with Crippen molar-refractivity contribution in [1.82, 2.24) is 5.32 Å². The molecule has 0 bridgehead atoms. The molecule has 102 valence electrons. The monoisotopic (exact) mass is 375 g/mol. The second-order valence-corrected chi connectivity index (χ2v) is 5.64. The number of carbonyl (C=O) groups is 1. The normalized spacial score (nSPS) is 17.0. The molecule has 0 radical (unpaired) electrons. The Bertz CT molecular complexity index is 529. The van der Waals surface area contributed by atoms with Gasteiger partial charge in [0, 0.05) is 5.56 Å². The highest BCUT2D eigenvalue weighted by atomic mass is 127. The Kier molecular flexibility index (Phi) is 4.13. The van der Waals surface area contributed by atoms with E-state index in [4.69, 9.17) is 10.9 Å². The number of benzene rings is 1. The number of nitrogens with two attached hydrogens (primary N) is 1. The molecule has 0 heterocycles. The number of halogens is 1. The fourth-order valence-electron chi connectivity index (χ4n) is 1.80. The summed E-state index contributed by atoms with van der Waals surface area (Å²) in [5.74, 6) is -0.0712. The number of hydrogen-bond acceptors (Lipinski definition) is 4. The van der Waals surface area contributed by atoms with Crippen LogP contribution in [0.15, 0.2) is 23.4 Å². The molecule has 1 amide bonds. The first-order valence-corrected chi connectivity index (χ1v) is 6.87. The van der Waals surface area contributed by atoms with Gasteiger partial charge in [0.05, 0.1) is 9.61 Å². The van der Waals surface area contributed by atoms with E-state index >= 15 is 0 Å². The number of oxime groups is 1. The lowest BCUT2D eigenvalue weighted by Gasteiger charge is -2.16. The molecule has 1 aliphatic carbocycles. The van der Waals surface area contributed by atoms with Crippen LogP contribution < -0.4 is 11.1 Å². The molecule has 0 spiro atoms. The number of nitrogens with zero attached hydrogens (tertiary/aromatic N) is 1. The number of phenols is 1. The van der Waals surface area contributed by atoms with Crippen LogP contribution in [-0.2, 0) is 0 Å². The van der Waals surface area contributed by atoms with E-state index in [-0.39, 0.29) is 23.4 Å². The minimum absolute atomic E-state index is 0.00517. The number of aromatic hydroxyl groups is 1. The molecule has 5 N–H and O–H groups in total. The summed E-state index contributed by atoms with van der Waals surface area (Å²) in [6.07, 6.45) is 1.89. The van der Waals surface area contributed by atoms with Gasteiger partial charge in [-0.3, -0.25) is 4.79 Å². The van der Waals surface area contributed by atoms with E-state index in [2.05, 4.69) is 10.5 Å². The maximum Gasteiger partial charge on any atom is 0.252 e. The van der Waals surface area contributed by atoms with Gasteiger partial charge in [0.15, 0.2) is 5.84 Å². The van der Waals surface area contributed by atoms with E-state index < -0.39 is 6.04 Å². The molecule has 2 rings (SSSR count). The lowest BCUT2D eigenvalue weighted by Crippen LogP contribution is -2.46. The number of hydrogen-bond donors (Lipinski definition) is 4. The summed E-state index contributed by atoms with van der Waals surface area (Å²) in [6, 6.07) is 4.21. The molecule has 1 unspecified atom stereocenters. The number of rotatable bonds is 4. The number of amides is 1. The Morgan fingerprint density at radius 1 is 1.53 bits per heavy atom. The highest BCUT2D eigenvalue weighted by Crippen LogP contribution is 2.33. The zero-order valence-electron chi connectivity index (χ0n) is 10.0.